The number of H-pyrrole nitrogens is 1. The molecule has 1 fully saturated rings. The highest BCUT2D eigenvalue weighted by atomic mass is 16.6. The lowest BCUT2D eigenvalue weighted by Gasteiger charge is -2.56. The first-order valence-electron chi connectivity index (χ1n) is 12.2. The van der Waals surface area contributed by atoms with Crippen LogP contribution in [-0.4, -0.2) is 44.8 Å². The van der Waals surface area contributed by atoms with Crippen molar-refractivity contribution in [3.8, 4) is 11.3 Å². The number of hydrogen-bond donors (Lipinski definition) is 2. The van der Waals surface area contributed by atoms with Gasteiger partial charge in [0.2, 0.25) is 0 Å². The molecule has 1 aromatic carbocycles. The van der Waals surface area contributed by atoms with Crippen molar-refractivity contribution in [2.45, 2.75) is 65.6 Å². The van der Waals surface area contributed by atoms with Gasteiger partial charge in [-0.05, 0) is 62.9 Å². The highest BCUT2D eigenvalue weighted by Gasteiger charge is 2.58. The van der Waals surface area contributed by atoms with Gasteiger partial charge in [0.15, 0.2) is 0 Å². The van der Waals surface area contributed by atoms with Crippen LogP contribution < -0.4 is 0 Å². The van der Waals surface area contributed by atoms with E-state index in [2.05, 4.69) is 35.9 Å². The maximum absolute atomic E-state index is 12.7. The summed E-state index contributed by atoms with van der Waals surface area (Å²) in [7, 11) is 0. The van der Waals surface area contributed by atoms with Gasteiger partial charge in [0.1, 0.15) is 11.2 Å². The Balaban J connectivity index is 1.75. The number of nitrogens with zero attached hydrogens (tertiary/aromatic N) is 2. The zero-order valence-electron chi connectivity index (χ0n) is 21.8. The van der Waals surface area contributed by atoms with Crippen LogP contribution in [0.1, 0.15) is 69.8 Å². The van der Waals surface area contributed by atoms with E-state index in [0.29, 0.717) is 24.6 Å². The first kappa shape index (κ1) is 25.0. The second kappa shape index (κ2) is 8.83. The fourth-order valence-electron chi connectivity index (χ4n) is 4.91. The molecule has 3 aromatic rings. The fraction of sp³-hybridized carbons (Fsp3) is 0.448. The molecule has 4 rings (SSSR count). The minimum Gasteiger partial charge on any atom is -0.444 e. The molecule has 0 bridgehead atoms. The number of nitrogens with one attached hydrogen (secondary N) is 1. The number of benzene rings is 1. The third kappa shape index (κ3) is 4.72. The number of aryl methyl sites for hydroxylation is 1. The van der Waals surface area contributed by atoms with Crippen molar-refractivity contribution in [2.75, 3.05) is 13.1 Å². The molecule has 0 saturated carbocycles. The number of pyridine rings is 1. The second-order valence-corrected chi connectivity index (χ2v) is 11.4. The zero-order valence-corrected chi connectivity index (χ0v) is 21.8. The van der Waals surface area contributed by atoms with Crippen molar-refractivity contribution in [3.05, 3.63) is 77.2 Å². The number of carbonyl (C=O) groups excluding carboxylic acids is 1. The lowest BCUT2D eigenvalue weighted by molar-refractivity contribution is -0.131. The molecule has 2 aromatic heterocycles. The van der Waals surface area contributed by atoms with Crippen LogP contribution in [0.15, 0.2) is 54.9 Å². The van der Waals surface area contributed by atoms with E-state index in [9.17, 15) is 9.90 Å². The standard InChI is InChI=1S/C29H37N3O3/c1-19(2)21-9-11-23(12-10-21)29(34,28(7)17-32(18-28)26(33)35-27(4,5)6)24-14-22(15-30-16-24)25-13-8-20(3)31-25/h8-16,19,31,34H,17-18H2,1-7H3. The van der Waals surface area contributed by atoms with E-state index in [-0.39, 0.29) is 6.09 Å². The molecule has 0 spiro atoms. The molecule has 1 aliphatic heterocycles. The number of rotatable bonds is 5. The minimum atomic E-state index is -1.36. The minimum absolute atomic E-state index is 0.360. The van der Waals surface area contributed by atoms with Crippen molar-refractivity contribution >= 4 is 6.09 Å². The lowest BCUT2D eigenvalue weighted by Crippen LogP contribution is -2.66. The zero-order chi connectivity index (χ0) is 25.6. The maximum Gasteiger partial charge on any atom is 0.410 e. The molecule has 3 heterocycles. The number of likely N-dealkylation sites (tertiary alicyclic amines) is 1. The average Bonchev–Trinajstić information content (AvgIpc) is 3.21. The number of ether oxygens (including phenoxy) is 1. The van der Waals surface area contributed by atoms with E-state index < -0.39 is 16.6 Å². The summed E-state index contributed by atoms with van der Waals surface area (Å²) in [6.07, 6.45) is 3.17. The Morgan fingerprint density at radius 2 is 1.74 bits per heavy atom. The summed E-state index contributed by atoms with van der Waals surface area (Å²) in [6.45, 7) is 14.6. The highest BCUT2D eigenvalue weighted by Crippen LogP contribution is 2.51. The average molecular weight is 476 g/mol. The maximum atomic E-state index is 12.7. The van der Waals surface area contributed by atoms with Gasteiger partial charge in [-0.25, -0.2) is 4.79 Å². The van der Waals surface area contributed by atoms with Gasteiger partial charge >= 0.3 is 6.09 Å². The summed E-state index contributed by atoms with van der Waals surface area (Å²) in [4.78, 5) is 22.2. The number of aliphatic hydroxyl groups is 1. The van der Waals surface area contributed by atoms with Crippen molar-refractivity contribution in [1.82, 2.24) is 14.9 Å². The van der Waals surface area contributed by atoms with Crippen LogP contribution in [0.4, 0.5) is 4.79 Å². The first-order valence-corrected chi connectivity index (χ1v) is 12.2. The van der Waals surface area contributed by atoms with E-state index in [1.54, 1.807) is 17.3 Å². The van der Waals surface area contributed by atoms with Crippen molar-refractivity contribution in [3.63, 3.8) is 0 Å². The number of hydrogen-bond acceptors (Lipinski definition) is 4. The van der Waals surface area contributed by atoms with Gasteiger partial charge in [0, 0.05) is 53.4 Å². The number of carbonyl (C=O) groups is 1. The van der Waals surface area contributed by atoms with Crippen LogP contribution in [-0.2, 0) is 10.3 Å². The highest BCUT2D eigenvalue weighted by molar-refractivity contribution is 5.70. The van der Waals surface area contributed by atoms with Crippen LogP contribution in [0.25, 0.3) is 11.3 Å². The van der Waals surface area contributed by atoms with Gasteiger partial charge in [-0.15, -0.1) is 0 Å². The van der Waals surface area contributed by atoms with Gasteiger partial charge < -0.3 is 19.7 Å². The molecule has 0 aliphatic carbocycles. The summed E-state index contributed by atoms with van der Waals surface area (Å²) in [6, 6.07) is 14.2. The molecule has 6 nitrogen and oxygen atoms in total. The summed E-state index contributed by atoms with van der Waals surface area (Å²) in [5.74, 6) is 0.389. The predicted molar refractivity (Wildman–Crippen MR) is 138 cm³/mol. The van der Waals surface area contributed by atoms with Crippen molar-refractivity contribution in [2.24, 2.45) is 5.41 Å². The van der Waals surface area contributed by atoms with Crippen LogP contribution >= 0.6 is 0 Å². The van der Waals surface area contributed by atoms with Gasteiger partial charge in [0.25, 0.3) is 0 Å². The molecule has 1 atom stereocenters. The summed E-state index contributed by atoms with van der Waals surface area (Å²) < 4.78 is 5.57. The Hall–Kier alpha value is -3.12. The Kier molecular flexibility index (Phi) is 6.30. The number of amides is 1. The summed E-state index contributed by atoms with van der Waals surface area (Å²) in [5.41, 5.74) is 3.05. The molecule has 1 amide bonds. The van der Waals surface area contributed by atoms with E-state index in [4.69, 9.17) is 4.74 Å². The smallest absolute Gasteiger partial charge is 0.410 e. The molecule has 35 heavy (non-hydrogen) atoms. The van der Waals surface area contributed by atoms with Crippen LogP contribution in [0.3, 0.4) is 0 Å². The van der Waals surface area contributed by atoms with E-state index >= 15 is 0 Å². The van der Waals surface area contributed by atoms with Crippen LogP contribution in [0.2, 0.25) is 0 Å². The van der Waals surface area contributed by atoms with Crippen molar-refractivity contribution < 1.29 is 14.6 Å². The van der Waals surface area contributed by atoms with E-state index in [1.165, 1.54) is 5.56 Å². The molecule has 186 valence electrons. The third-order valence-corrected chi connectivity index (χ3v) is 6.90. The molecule has 1 aliphatic rings. The largest absolute Gasteiger partial charge is 0.444 e. The van der Waals surface area contributed by atoms with Crippen LogP contribution in [0.5, 0.6) is 0 Å². The van der Waals surface area contributed by atoms with Crippen LogP contribution in [0, 0.1) is 12.3 Å². The SMILES string of the molecule is Cc1ccc(-c2cncc(C(O)(c3ccc(C(C)C)cc3)C3(C)CN(C(=O)OC(C)(C)C)C3)c2)[nH]1. The Labute approximate surface area is 208 Å². The van der Waals surface area contributed by atoms with Gasteiger partial charge in [-0.2, -0.15) is 0 Å². The van der Waals surface area contributed by atoms with Gasteiger partial charge in [-0.3, -0.25) is 4.98 Å². The second-order valence-electron chi connectivity index (χ2n) is 11.4. The molecular formula is C29H37N3O3. The molecule has 0 radical (unpaired) electrons. The van der Waals surface area contributed by atoms with E-state index in [1.807, 2.05) is 65.0 Å². The van der Waals surface area contributed by atoms with Gasteiger partial charge in [0.05, 0.1) is 0 Å². The summed E-state index contributed by atoms with van der Waals surface area (Å²) >= 11 is 0. The third-order valence-electron chi connectivity index (χ3n) is 6.90. The summed E-state index contributed by atoms with van der Waals surface area (Å²) in [5, 5.41) is 12.5. The normalized spacial score (nSPS) is 17.1. The predicted octanol–water partition coefficient (Wildman–Crippen LogP) is 6.00. The molecular weight excluding hydrogens is 438 g/mol. The molecule has 2 N–H and O–H groups in total. The Morgan fingerprint density at radius 1 is 1.09 bits per heavy atom. The topological polar surface area (TPSA) is 78.5 Å². The monoisotopic (exact) mass is 475 g/mol. The number of aromatic nitrogens is 2. The lowest BCUT2D eigenvalue weighted by atomic mass is 9.62. The molecule has 6 heteroatoms. The van der Waals surface area contributed by atoms with E-state index in [0.717, 1.165) is 22.5 Å². The Bertz CT molecular complexity index is 1200. The number of aromatic amines is 1. The Morgan fingerprint density at radius 3 is 2.29 bits per heavy atom. The van der Waals surface area contributed by atoms with Crippen molar-refractivity contribution in [1.29, 1.82) is 0 Å². The molecule has 1 unspecified atom stereocenters. The molecule has 1 saturated heterocycles. The first-order chi connectivity index (χ1) is 16.3. The fourth-order valence-corrected chi connectivity index (χ4v) is 4.91. The van der Waals surface area contributed by atoms with Gasteiger partial charge in [-0.1, -0.05) is 45.0 Å². The quantitative estimate of drug-likeness (QED) is 0.474.